The van der Waals surface area contributed by atoms with Crippen molar-refractivity contribution >= 4 is 43.7 Å². The fourth-order valence-corrected chi connectivity index (χ4v) is 3.41. The minimum Gasteiger partial charge on any atom is -0.147 e. The van der Waals surface area contributed by atoms with Gasteiger partial charge in [-0.15, -0.1) is 12.4 Å². The smallest absolute Gasteiger partial charge is 0.147 e. The fraction of sp³-hybridized carbons (Fsp3) is 0.333. The third kappa shape index (κ3) is 7.79. The molecule has 8 heteroatoms. The summed E-state index contributed by atoms with van der Waals surface area (Å²) >= 11 is -0.976. The number of carbonyl (C=O) groups is 1. The molecule has 0 fully saturated rings. The van der Waals surface area contributed by atoms with E-state index in [0.29, 0.717) is 11.1 Å². The number of hydrogen-bond acceptors (Lipinski definition) is 4. The Labute approximate surface area is 181 Å². The molecule has 0 saturated carbocycles. The molecule has 2 aromatic rings. The molecule has 0 spiro atoms. The summed E-state index contributed by atoms with van der Waals surface area (Å²) in [6.45, 7) is 3.13. The minimum absolute atomic E-state index is 0. The molecule has 0 aliphatic heterocycles. The second kappa shape index (κ2) is 11.9. The maximum Gasteiger partial charge on any atom is -0.147 e. The Morgan fingerprint density at radius 2 is 1.83 bits per heavy atom. The molecule has 0 aromatic heterocycles. The molecule has 2 aromatic carbocycles. The largest absolute Gasteiger partial charge is 0.147 e. The Hall–Kier alpha value is -1.91. The van der Waals surface area contributed by atoms with Crippen molar-refractivity contribution in [1.29, 1.82) is 0 Å². The standard InChI is InChI=1S/C21H24AsF2NO3.ClH/c1-5-22(4)13-25-19-11-14(2)18(10-15(19)3)20(26)27-12-16-6-8-17(9-7-16)28-21(23)24;/h6-11,13,21H,5,12H2,1-4H3;1H. The van der Waals surface area contributed by atoms with Gasteiger partial charge in [-0.1, -0.05) is 0 Å². The molecule has 0 aliphatic rings. The summed E-state index contributed by atoms with van der Waals surface area (Å²) in [5.74, 6) is -0.367. The van der Waals surface area contributed by atoms with E-state index < -0.39 is 27.2 Å². The summed E-state index contributed by atoms with van der Waals surface area (Å²) in [7, 11) is 0. The van der Waals surface area contributed by atoms with Crippen LogP contribution in [0.3, 0.4) is 0 Å². The van der Waals surface area contributed by atoms with Crippen molar-refractivity contribution in [2.75, 3.05) is 0 Å². The van der Waals surface area contributed by atoms with Gasteiger partial charge in [0.25, 0.3) is 0 Å². The number of aliphatic imine (C=N–C) groups is 1. The predicted octanol–water partition coefficient (Wildman–Crippen LogP) is 6.07. The molecule has 0 N–H and O–H groups in total. The number of nitrogens with zero attached hydrogens (tertiary/aromatic N) is 1. The van der Waals surface area contributed by atoms with Crippen molar-refractivity contribution in [2.24, 2.45) is 4.99 Å². The van der Waals surface area contributed by atoms with E-state index in [2.05, 4.69) is 27.4 Å². The fourth-order valence-electron chi connectivity index (χ4n) is 2.40. The van der Waals surface area contributed by atoms with Crippen LogP contribution in [0.15, 0.2) is 41.4 Å². The zero-order valence-corrected chi connectivity index (χ0v) is 19.5. The second-order valence-electron chi connectivity index (χ2n) is 6.37. The van der Waals surface area contributed by atoms with Crippen LogP contribution in [0.5, 0.6) is 5.75 Å². The third-order valence-corrected chi connectivity index (χ3v) is 7.34. The molecule has 29 heavy (non-hydrogen) atoms. The predicted molar refractivity (Wildman–Crippen MR) is 116 cm³/mol. The number of alkyl halides is 2. The van der Waals surface area contributed by atoms with Crippen LogP contribution < -0.4 is 4.74 Å². The van der Waals surface area contributed by atoms with E-state index >= 15 is 0 Å². The van der Waals surface area contributed by atoms with E-state index in [4.69, 9.17) is 4.74 Å². The monoisotopic (exact) mass is 487 g/mol. The van der Waals surface area contributed by atoms with Crippen molar-refractivity contribution in [1.82, 2.24) is 0 Å². The first-order valence-electron chi connectivity index (χ1n) is 8.86. The van der Waals surface area contributed by atoms with Crippen molar-refractivity contribution in [3.05, 3.63) is 58.7 Å². The van der Waals surface area contributed by atoms with E-state index in [1.807, 2.05) is 19.9 Å². The summed E-state index contributed by atoms with van der Waals surface area (Å²) in [5.41, 5.74) is 6.02. The van der Waals surface area contributed by atoms with Gasteiger partial charge in [0.15, 0.2) is 0 Å². The van der Waals surface area contributed by atoms with E-state index in [0.717, 1.165) is 22.0 Å². The maximum atomic E-state index is 12.4. The quantitative estimate of drug-likeness (QED) is 0.258. The van der Waals surface area contributed by atoms with Gasteiger partial charge < -0.3 is 4.74 Å². The van der Waals surface area contributed by atoms with Gasteiger partial charge in [0.05, 0.1) is 0 Å². The number of halogens is 3. The second-order valence-corrected chi connectivity index (χ2v) is 11.4. The first-order chi connectivity index (χ1) is 13.3. The number of esters is 1. The van der Waals surface area contributed by atoms with Gasteiger partial charge in [-0.2, -0.15) is 8.78 Å². The van der Waals surface area contributed by atoms with E-state index in [9.17, 15) is 13.6 Å². The molecule has 0 amide bonds. The Morgan fingerprint density at radius 3 is 2.41 bits per heavy atom. The van der Waals surface area contributed by atoms with Gasteiger partial charge in [-0.3, -0.25) is 0 Å². The Bertz CT molecular complexity index is 845. The zero-order valence-electron chi connectivity index (χ0n) is 16.8. The first kappa shape index (κ1) is 25.1. The van der Waals surface area contributed by atoms with Crippen LogP contribution >= 0.6 is 12.4 Å². The van der Waals surface area contributed by atoms with Gasteiger partial charge in [0.2, 0.25) is 0 Å². The van der Waals surface area contributed by atoms with Gasteiger partial charge in [-0.25, -0.2) is 0 Å². The number of aryl methyl sites for hydroxylation is 2. The summed E-state index contributed by atoms with van der Waals surface area (Å²) in [5, 5.41) is 3.22. The normalized spacial score (nSPS) is 12.0. The number of benzene rings is 2. The van der Waals surface area contributed by atoms with Crippen LogP contribution in [0.2, 0.25) is 10.9 Å². The number of hydrogen-bond donors (Lipinski definition) is 0. The summed E-state index contributed by atoms with van der Waals surface area (Å²) in [6.07, 6.45) is 0. The molecule has 158 valence electrons. The molecule has 0 saturated heterocycles. The molecule has 0 heterocycles. The average molecular weight is 488 g/mol. The first-order valence-corrected chi connectivity index (χ1v) is 13.2. The minimum atomic E-state index is -2.87. The molecule has 0 bridgehead atoms. The molecular weight excluding hydrogens is 463 g/mol. The van der Waals surface area contributed by atoms with Crippen molar-refractivity contribution in [2.45, 2.75) is 44.9 Å². The van der Waals surface area contributed by atoms with E-state index in [-0.39, 0.29) is 24.8 Å². The maximum absolute atomic E-state index is 12.4. The number of carbonyl (C=O) groups excluding carboxylic acids is 1. The van der Waals surface area contributed by atoms with Gasteiger partial charge >= 0.3 is 149 Å². The van der Waals surface area contributed by atoms with Crippen molar-refractivity contribution in [3.8, 4) is 5.75 Å². The molecule has 1 atom stereocenters. The molecule has 1 unspecified atom stereocenters. The Balaban J connectivity index is 0.00000420. The van der Waals surface area contributed by atoms with Crippen LogP contribution in [0.4, 0.5) is 14.5 Å². The van der Waals surface area contributed by atoms with Crippen molar-refractivity contribution in [3.63, 3.8) is 0 Å². The van der Waals surface area contributed by atoms with Crippen LogP contribution in [0.1, 0.15) is 34.0 Å². The molecule has 2 rings (SSSR count). The Morgan fingerprint density at radius 1 is 1.17 bits per heavy atom. The van der Waals surface area contributed by atoms with Gasteiger partial charge in [0.1, 0.15) is 5.75 Å². The van der Waals surface area contributed by atoms with Crippen LogP contribution in [0.25, 0.3) is 0 Å². The van der Waals surface area contributed by atoms with E-state index in [1.54, 1.807) is 18.2 Å². The zero-order chi connectivity index (χ0) is 20.7. The number of rotatable bonds is 8. The summed E-state index contributed by atoms with van der Waals surface area (Å²) in [6, 6.07) is 9.69. The topological polar surface area (TPSA) is 47.9 Å². The molecule has 0 aliphatic carbocycles. The number of ether oxygens (including phenoxy) is 2. The van der Waals surface area contributed by atoms with Gasteiger partial charge in [0, 0.05) is 0 Å². The molecule has 4 nitrogen and oxygen atoms in total. The summed E-state index contributed by atoms with van der Waals surface area (Å²) in [4.78, 5) is 17.0. The summed E-state index contributed by atoms with van der Waals surface area (Å²) < 4.78 is 34.0. The molecule has 0 radical (unpaired) electrons. The Kier molecular flexibility index (Phi) is 10.3. The van der Waals surface area contributed by atoms with Crippen LogP contribution in [-0.2, 0) is 11.3 Å². The molecular formula is C21H25AsClF2NO3. The third-order valence-electron chi connectivity index (χ3n) is 4.17. The van der Waals surface area contributed by atoms with Crippen LogP contribution in [-0.4, -0.2) is 32.2 Å². The van der Waals surface area contributed by atoms with E-state index in [1.165, 1.54) is 12.1 Å². The SMILES string of the molecule is CC[As](C)C=Nc1cc(C)c(C(=O)OCc2ccc(OC(F)F)cc2)cc1C.Cl. The average Bonchev–Trinajstić information content (AvgIpc) is 2.66. The van der Waals surface area contributed by atoms with Crippen LogP contribution in [0, 0.1) is 13.8 Å². The van der Waals surface area contributed by atoms with Crippen molar-refractivity contribution < 1.29 is 23.0 Å². The van der Waals surface area contributed by atoms with Gasteiger partial charge in [-0.05, 0) is 0 Å².